The van der Waals surface area contributed by atoms with E-state index in [2.05, 4.69) is 0 Å². The van der Waals surface area contributed by atoms with Crippen LogP contribution in [0.25, 0.3) is 10.8 Å². The second-order valence-electron chi connectivity index (χ2n) is 9.17. The summed E-state index contributed by atoms with van der Waals surface area (Å²) in [5.74, 6) is -0.225. The lowest BCUT2D eigenvalue weighted by molar-refractivity contribution is -0.137. The van der Waals surface area contributed by atoms with Gasteiger partial charge in [0.05, 0.1) is 6.54 Å². The van der Waals surface area contributed by atoms with Gasteiger partial charge >= 0.3 is 6.03 Å². The minimum atomic E-state index is -0.664. The number of guanidine groups is 1. The molecular weight excluding hydrogens is 456 g/mol. The van der Waals surface area contributed by atoms with Crippen LogP contribution >= 0.6 is 0 Å². The van der Waals surface area contributed by atoms with E-state index >= 15 is 0 Å². The molecule has 4 amide bonds. The van der Waals surface area contributed by atoms with Crippen LogP contribution in [0.2, 0.25) is 0 Å². The molecule has 0 saturated carbocycles. The van der Waals surface area contributed by atoms with Crippen molar-refractivity contribution >= 4 is 40.3 Å². The number of aliphatic imine (C=N–C) groups is 1. The normalized spacial score (nSPS) is 21.1. The number of likely N-dealkylation sites (N-methyl/N-ethyl adjacent to an activating group) is 1. The summed E-state index contributed by atoms with van der Waals surface area (Å²) in [6.07, 6.45) is 1.24. The zero-order chi connectivity index (χ0) is 25.1. The molecule has 1 fully saturated rings. The monoisotopic (exact) mass is 480 g/mol. The summed E-state index contributed by atoms with van der Waals surface area (Å²) in [4.78, 5) is 50.0. The summed E-state index contributed by atoms with van der Waals surface area (Å²) in [6.45, 7) is 2.10. The largest absolute Gasteiger partial charge is 0.366 e. The van der Waals surface area contributed by atoms with Gasteiger partial charge in [-0.1, -0.05) is 42.5 Å². The minimum absolute atomic E-state index is 0.177. The lowest BCUT2D eigenvalue weighted by Gasteiger charge is -2.40. The Morgan fingerprint density at radius 1 is 1.00 bits per heavy atom. The summed E-state index contributed by atoms with van der Waals surface area (Å²) in [6, 6.07) is 19.7. The SMILES string of the molecule is CC1=CN2C(=NC3C2C(=O)N(Cc2cccc4ccccc24)C(=O)N3C)N1c1ccc(C(N)=O)cc1. The molecule has 2 atom stereocenters. The average Bonchev–Trinajstić information content (AvgIpc) is 3.40. The lowest BCUT2D eigenvalue weighted by atomic mass is 10.0. The van der Waals surface area contributed by atoms with Crippen molar-refractivity contribution in [2.75, 3.05) is 11.9 Å². The number of amides is 4. The predicted octanol–water partition coefficient (Wildman–Crippen LogP) is 3.08. The van der Waals surface area contributed by atoms with Crippen molar-refractivity contribution in [3.63, 3.8) is 0 Å². The molecule has 0 aromatic heterocycles. The smallest absolute Gasteiger partial charge is 0.328 e. The van der Waals surface area contributed by atoms with E-state index < -0.39 is 18.1 Å². The molecular formula is C27H24N6O3. The number of hydrogen-bond donors (Lipinski definition) is 1. The molecule has 3 aliphatic rings. The van der Waals surface area contributed by atoms with E-state index in [4.69, 9.17) is 10.7 Å². The Bertz CT molecular complexity index is 1490. The van der Waals surface area contributed by atoms with Gasteiger partial charge in [-0.3, -0.25) is 19.4 Å². The number of nitrogens with two attached hydrogens (primary N) is 1. The van der Waals surface area contributed by atoms with Crippen molar-refractivity contribution in [1.29, 1.82) is 0 Å². The Labute approximate surface area is 207 Å². The number of hydrogen-bond acceptors (Lipinski definition) is 6. The number of fused-ring (bicyclic) bond motifs is 4. The molecule has 3 aromatic rings. The summed E-state index contributed by atoms with van der Waals surface area (Å²) < 4.78 is 0. The highest BCUT2D eigenvalue weighted by Gasteiger charge is 2.54. The molecule has 3 heterocycles. The topological polar surface area (TPSA) is 103 Å². The first-order valence-corrected chi connectivity index (χ1v) is 11.6. The predicted molar refractivity (Wildman–Crippen MR) is 136 cm³/mol. The van der Waals surface area contributed by atoms with Gasteiger partial charge in [0.1, 0.15) is 0 Å². The first kappa shape index (κ1) is 21.8. The molecule has 1 saturated heterocycles. The van der Waals surface area contributed by atoms with Crippen molar-refractivity contribution in [2.24, 2.45) is 10.7 Å². The molecule has 2 N–H and O–H groups in total. The molecule has 9 heteroatoms. The van der Waals surface area contributed by atoms with Crippen LogP contribution in [0, 0.1) is 0 Å². The molecule has 3 aromatic carbocycles. The molecule has 3 aliphatic heterocycles. The van der Waals surface area contributed by atoms with Crippen LogP contribution in [0.15, 0.2) is 83.6 Å². The molecule has 6 rings (SSSR count). The number of carbonyl (C=O) groups excluding carboxylic acids is 3. The Hall–Kier alpha value is -4.66. The van der Waals surface area contributed by atoms with E-state index in [1.54, 1.807) is 31.3 Å². The molecule has 36 heavy (non-hydrogen) atoms. The van der Waals surface area contributed by atoms with Gasteiger partial charge in [-0.15, -0.1) is 0 Å². The second kappa shape index (κ2) is 7.94. The van der Waals surface area contributed by atoms with Gasteiger partial charge in [-0.25, -0.2) is 9.79 Å². The number of benzene rings is 3. The van der Waals surface area contributed by atoms with Crippen molar-refractivity contribution in [2.45, 2.75) is 25.7 Å². The molecule has 0 spiro atoms. The van der Waals surface area contributed by atoms with Crippen LogP contribution in [0.5, 0.6) is 0 Å². The number of urea groups is 1. The van der Waals surface area contributed by atoms with Crippen molar-refractivity contribution in [3.8, 4) is 0 Å². The third kappa shape index (κ3) is 3.16. The minimum Gasteiger partial charge on any atom is -0.366 e. The Morgan fingerprint density at radius 3 is 2.47 bits per heavy atom. The number of rotatable bonds is 4. The third-order valence-corrected chi connectivity index (χ3v) is 7.01. The number of carbonyl (C=O) groups is 3. The maximum absolute atomic E-state index is 13.8. The molecule has 0 bridgehead atoms. The zero-order valence-electron chi connectivity index (χ0n) is 19.8. The Balaban J connectivity index is 1.32. The van der Waals surface area contributed by atoms with Crippen LogP contribution in [0.3, 0.4) is 0 Å². The van der Waals surface area contributed by atoms with Crippen LogP contribution in [-0.2, 0) is 11.3 Å². The quantitative estimate of drug-likeness (QED) is 0.618. The lowest BCUT2D eigenvalue weighted by Crippen LogP contribution is -2.63. The van der Waals surface area contributed by atoms with Crippen LogP contribution in [0.1, 0.15) is 22.8 Å². The maximum atomic E-state index is 13.8. The van der Waals surface area contributed by atoms with E-state index in [0.29, 0.717) is 11.5 Å². The average molecular weight is 481 g/mol. The van der Waals surface area contributed by atoms with Gasteiger partial charge in [0.25, 0.3) is 5.91 Å². The fourth-order valence-corrected chi connectivity index (χ4v) is 5.19. The van der Waals surface area contributed by atoms with E-state index in [9.17, 15) is 14.4 Å². The molecule has 0 aliphatic carbocycles. The highest BCUT2D eigenvalue weighted by molar-refractivity contribution is 6.10. The van der Waals surface area contributed by atoms with Crippen molar-refractivity contribution in [3.05, 3.63) is 89.8 Å². The van der Waals surface area contributed by atoms with Crippen LogP contribution < -0.4 is 10.6 Å². The van der Waals surface area contributed by atoms with Gasteiger partial charge < -0.3 is 15.5 Å². The van der Waals surface area contributed by atoms with Gasteiger partial charge in [-0.2, -0.15) is 0 Å². The fourth-order valence-electron chi connectivity index (χ4n) is 5.19. The standard InChI is InChI=1S/C27H24N6O3/c1-16-14-31-22-24(29-26(31)33(16)20-12-10-18(11-13-20)23(28)34)30(2)27(36)32(25(22)35)15-19-8-5-7-17-6-3-4-9-21(17)19/h3-14,22,24H,15H2,1-2H3,(H2,28,34). The van der Waals surface area contributed by atoms with Crippen LogP contribution in [0.4, 0.5) is 10.5 Å². The zero-order valence-corrected chi connectivity index (χ0v) is 19.8. The van der Waals surface area contributed by atoms with Gasteiger partial charge in [0.15, 0.2) is 12.2 Å². The second-order valence-corrected chi connectivity index (χ2v) is 9.17. The maximum Gasteiger partial charge on any atom is 0.328 e. The van der Waals surface area contributed by atoms with Crippen molar-refractivity contribution in [1.82, 2.24) is 14.7 Å². The first-order chi connectivity index (χ1) is 17.3. The molecule has 180 valence electrons. The number of imide groups is 1. The van der Waals surface area contributed by atoms with Crippen LogP contribution in [-0.4, -0.2) is 57.8 Å². The van der Waals surface area contributed by atoms with Gasteiger partial charge in [-0.05, 0) is 47.5 Å². The number of allylic oxidation sites excluding steroid dienone is 1. The highest BCUT2D eigenvalue weighted by atomic mass is 16.2. The Morgan fingerprint density at radius 2 is 1.72 bits per heavy atom. The molecule has 2 unspecified atom stereocenters. The third-order valence-electron chi connectivity index (χ3n) is 7.01. The summed E-state index contributed by atoms with van der Waals surface area (Å²) in [7, 11) is 1.68. The highest BCUT2D eigenvalue weighted by Crippen LogP contribution is 2.37. The molecule has 0 radical (unpaired) electrons. The van der Waals surface area contributed by atoms with E-state index in [1.807, 2.05) is 65.4 Å². The van der Waals surface area contributed by atoms with E-state index in [0.717, 1.165) is 27.7 Å². The van der Waals surface area contributed by atoms with Gasteiger partial charge in [0, 0.05) is 30.2 Å². The van der Waals surface area contributed by atoms with E-state index in [1.165, 1.54) is 9.80 Å². The molecule has 9 nitrogen and oxygen atoms in total. The summed E-state index contributed by atoms with van der Waals surface area (Å²) in [5.41, 5.74) is 8.34. The Kier molecular flexibility index (Phi) is 4.82. The summed E-state index contributed by atoms with van der Waals surface area (Å²) in [5, 5.41) is 2.07. The fraction of sp³-hybridized carbons (Fsp3) is 0.185. The first-order valence-electron chi connectivity index (χ1n) is 11.6. The number of anilines is 1. The van der Waals surface area contributed by atoms with Gasteiger partial charge in [0.2, 0.25) is 11.9 Å². The van der Waals surface area contributed by atoms with E-state index in [-0.39, 0.29) is 18.5 Å². The van der Waals surface area contributed by atoms with Crippen molar-refractivity contribution < 1.29 is 14.4 Å². The summed E-state index contributed by atoms with van der Waals surface area (Å²) >= 11 is 0. The number of primary amides is 1. The number of nitrogens with zero attached hydrogens (tertiary/aromatic N) is 5.